The van der Waals surface area contributed by atoms with Gasteiger partial charge in [0, 0.05) is 31.7 Å². The number of nitrogens with one attached hydrogen (secondary N) is 1. The number of carbonyl (C=O) groups is 1. The van der Waals surface area contributed by atoms with Crippen molar-refractivity contribution >= 4 is 28.6 Å². The summed E-state index contributed by atoms with van der Waals surface area (Å²) in [6.45, 7) is 9.49. The number of amides is 1. The molecule has 2 heterocycles. The Hall–Kier alpha value is -2.93. The van der Waals surface area contributed by atoms with E-state index in [0.717, 1.165) is 56.6 Å². The van der Waals surface area contributed by atoms with Crippen molar-refractivity contribution in [2.24, 2.45) is 0 Å². The van der Waals surface area contributed by atoms with Gasteiger partial charge in [0.25, 0.3) is 5.91 Å². The van der Waals surface area contributed by atoms with E-state index in [1.54, 1.807) is 12.1 Å². The van der Waals surface area contributed by atoms with Crippen molar-refractivity contribution in [2.45, 2.75) is 33.2 Å². The number of carbonyl (C=O) groups excluding carboxylic acids is 1. The van der Waals surface area contributed by atoms with Gasteiger partial charge in [-0.05, 0) is 56.3 Å². The number of rotatable bonds is 8. The predicted molar refractivity (Wildman–Crippen MR) is 123 cm³/mol. The molecule has 1 aliphatic rings. The fraction of sp³-hybridized carbons (Fsp3) is 0.417. The van der Waals surface area contributed by atoms with Gasteiger partial charge in [0.1, 0.15) is 5.82 Å². The van der Waals surface area contributed by atoms with Crippen molar-refractivity contribution < 1.29 is 9.18 Å². The molecule has 0 saturated carbocycles. The molecule has 0 radical (unpaired) electrons. The lowest BCUT2D eigenvalue weighted by molar-refractivity contribution is 0.102. The molecule has 2 aromatic carbocycles. The molecule has 1 amide bonds. The molecule has 1 fully saturated rings. The Morgan fingerprint density at radius 2 is 1.87 bits per heavy atom. The molecular weight excluding hydrogens is 393 g/mol. The van der Waals surface area contributed by atoms with Crippen molar-refractivity contribution in [1.29, 1.82) is 0 Å². The Labute approximate surface area is 182 Å². The van der Waals surface area contributed by atoms with Crippen LogP contribution in [0.15, 0.2) is 42.5 Å². The lowest BCUT2D eigenvalue weighted by Gasteiger charge is -2.20. The molecule has 0 spiro atoms. The van der Waals surface area contributed by atoms with E-state index in [1.807, 2.05) is 33.7 Å². The van der Waals surface area contributed by atoms with E-state index in [-0.39, 0.29) is 11.7 Å². The molecule has 1 N–H and O–H groups in total. The number of halogens is 1. The lowest BCUT2D eigenvalue weighted by Crippen LogP contribution is -2.27. The highest BCUT2D eigenvalue weighted by molar-refractivity contribution is 6.04. The Morgan fingerprint density at radius 3 is 2.58 bits per heavy atom. The molecule has 0 aliphatic carbocycles. The molecule has 164 valence electrons. The number of nitrogens with zero attached hydrogens (tertiary/aromatic N) is 4. The fourth-order valence-corrected chi connectivity index (χ4v) is 4.21. The molecule has 0 bridgehead atoms. The van der Waals surface area contributed by atoms with Crippen LogP contribution in [-0.4, -0.2) is 53.1 Å². The minimum atomic E-state index is -0.357. The predicted octanol–water partition coefficient (Wildman–Crippen LogP) is 4.37. The molecule has 0 atom stereocenters. The van der Waals surface area contributed by atoms with E-state index in [2.05, 4.69) is 29.0 Å². The van der Waals surface area contributed by atoms with Crippen LogP contribution in [-0.2, 0) is 6.54 Å². The van der Waals surface area contributed by atoms with Gasteiger partial charge in [0.15, 0.2) is 0 Å². The van der Waals surface area contributed by atoms with Gasteiger partial charge in [0.2, 0.25) is 5.95 Å². The normalized spacial score (nSPS) is 14.0. The van der Waals surface area contributed by atoms with Crippen LogP contribution in [0.2, 0.25) is 0 Å². The standard InChI is InChI=1S/C24H30FN5O/c1-3-28(4-2)15-16-30-22-10-6-5-9-20(22)26-24(30)27-23(31)18-11-12-21(19(25)17-18)29-13-7-8-14-29/h5-6,9-12,17H,3-4,7-8,13-16H2,1-2H3,(H,26,27,31). The zero-order valence-corrected chi connectivity index (χ0v) is 18.3. The third kappa shape index (κ3) is 4.56. The summed E-state index contributed by atoms with van der Waals surface area (Å²) in [6.07, 6.45) is 2.15. The van der Waals surface area contributed by atoms with Gasteiger partial charge >= 0.3 is 0 Å². The van der Waals surface area contributed by atoms with Gasteiger partial charge in [0.05, 0.1) is 16.7 Å². The summed E-state index contributed by atoms with van der Waals surface area (Å²) in [5.74, 6) is -0.224. The third-order valence-corrected chi connectivity index (χ3v) is 6.07. The van der Waals surface area contributed by atoms with Crippen LogP contribution in [0.4, 0.5) is 16.0 Å². The zero-order chi connectivity index (χ0) is 21.8. The van der Waals surface area contributed by atoms with Gasteiger partial charge < -0.3 is 14.4 Å². The van der Waals surface area contributed by atoms with E-state index >= 15 is 0 Å². The quantitative estimate of drug-likeness (QED) is 0.585. The molecule has 0 unspecified atom stereocenters. The fourth-order valence-electron chi connectivity index (χ4n) is 4.21. The minimum Gasteiger partial charge on any atom is -0.369 e. The summed E-state index contributed by atoms with van der Waals surface area (Å²) in [5, 5.41) is 2.91. The maximum Gasteiger partial charge on any atom is 0.258 e. The first-order chi connectivity index (χ1) is 15.1. The number of benzene rings is 2. The topological polar surface area (TPSA) is 53.4 Å². The number of imidazole rings is 1. The monoisotopic (exact) mass is 423 g/mol. The second kappa shape index (κ2) is 9.47. The van der Waals surface area contributed by atoms with E-state index in [0.29, 0.717) is 23.7 Å². The highest BCUT2D eigenvalue weighted by Gasteiger charge is 2.19. The van der Waals surface area contributed by atoms with Crippen LogP contribution >= 0.6 is 0 Å². The second-order valence-electron chi connectivity index (χ2n) is 7.92. The molecule has 1 saturated heterocycles. The second-order valence-corrected chi connectivity index (χ2v) is 7.92. The number of likely N-dealkylation sites (N-methyl/N-ethyl adjacent to an activating group) is 1. The van der Waals surface area contributed by atoms with Crippen molar-refractivity contribution in [1.82, 2.24) is 14.5 Å². The summed E-state index contributed by atoms with van der Waals surface area (Å²) in [7, 11) is 0. The molecule has 31 heavy (non-hydrogen) atoms. The summed E-state index contributed by atoms with van der Waals surface area (Å²) in [4.78, 5) is 21.9. The minimum absolute atomic E-state index is 0.294. The summed E-state index contributed by atoms with van der Waals surface area (Å²) in [5.41, 5.74) is 2.66. The molecule has 1 aromatic heterocycles. The van der Waals surface area contributed by atoms with Crippen LogP contribution in [0.5, 0.6) is 0 Å². The molecule has 6 nitrogen and oxygen atoms in total. The van der Waals surface area contributed by atoms with E-state index in [1.165, 1.54) is 6.07 Å². The number of para-hydroxylation sites is 2. The summed E-state index contributed by atoms with van der Waals surface area (Å²) < 4.78 is 16.7. The van der Waals surface area contributed by atoms with Crippen molar-refractivity contribution in [3.8, 4) is 0 Å². The number of aromatic nitrogens is 2. The van der Waals surface area contributed by atoms with Gasteiger partial charge in [-0.2, -0.15) is 0 Å². The Morgan fingerprint density at radius 1 is 1.13 bits per heavy atom. The number of anilines is 2. The molecular formula is C24H30FN5O. The van der Waals surface area contributed by atoms with Crippen LogP contribution in [0.3, 0.4) is 0 Å². The summed E-state index contributed by atoms with van der Waals surface area (Å²) in [6, 6.07) is 12.6. The number of hydrogen-bond acceptors (Lipinski definition) is 4. The van der Waals surface area contributed by atoms with Gasteiger partial charge in [-0.15, -0.1) is 0 Å². The third-order valence-electron chi connectivity index (χ3n) is 6.07. The molecule has 3 aromatic rings. The zero-order valence-electron chi connectivity index (χ0n) is 18.3. The van der Waals surface area contributed by atoms with E-state index in [4.69, 9.17) is 0 Å². The van der Waals surface area contributed by atoms with Crippen molar-refractivity contribution in [3.63, 3.8) is 0 Å². The summed E-state index contributed by atoms with van der Waals surface area (Å²) >= 11 is 0. The van der Waals surface area contributed by atoms with Gasteiger partial charge in [-0.1, -0.05) is 26.0 Å². The van der Waals surface area contributed by atoms with Crippen LogP contribution in [0, 0.1) is 5.82 Å². The average molecular weight is 424 g/mol. The Bertz CT molecular complexity index is 1050. The number of hydrogen-bond donors (Lipinski definition) is 1. The van der Waals surface area contributed by atoms with Crippen molar-refractivity contribution in [3.05, 3.63) is 53.8 Å². The van der Waals surface area contributed by atoms with Crippen molar-refractivity contribution in [2.75, 3.05) is 42.9 Å². The van der Waals surface area contributed by atoms with Crippen LogP contribution < -0.4 is 10.2 Å². The maximum atomic E-state index is 14.7. The highest BCUT2D eigenvalue weighted by Crippen LogP contribution is 2.25. The average Bonchev–Trinajstić information content (AvgIpc) is 3.43. The van der Waals surface area contributed by atoms with Crippen LogP contribution in [0.1, 0.15) is 37.0 Å². The first-order valence-corrected chi connectivity index (χ1v) is 11.1. The first-order valence-electron chi connectivity index (χ1n) is 11.1. The highest BCUT2D eigenvalue weighted by atomic mass is 19.1. The van der Waals surface area contributed by atoms with Gasteiger partial charge in [-0.3, -0.25) is 10.1 Å². The lowest BCUT2D eigenvalue weighted by atomic mass is 10.1. The Kier molecular flexibility index (Phi) is 6.51. The largest absolute Gasteiger partial charge is 0.369 e. The molecule has 4 rings (SSSR count). The number of fused-ring (bicyclic) bond motifs is 1. The first kappa shape index (κ1) is 21.3. The van der Waals surface area contributed by atoms with Gasteiger partial charge in [-0.25, -0.2) is 9.37 Å². The SMILES string of the molecule is CCN(CC)CCn1c(NC(=O)c2ccc(N3CCCC3)c(F)c2)nc2ccccc21. The smallest absolute Gasteiger partial charge is 0.258 e. The molecule has 7 heteroatoms. The molecule has 1 aliphatic heterocycles. The maximum absolute atomic E-state index is 14.7. The Balaban J connectivity index is 1.56. The van der Waals surface area contributed by atoms with Crippen LogP contribution in [0.25, 0.3) is 11.0 Å². The van der Waals surface area contributed by atoms with E-state index < -0.39 is 0 Å². The van der Waals surface area contributed by atoms with E-state index in [9.17, 15) is 9.18 Å².